The van der Waals surface area contributed by atoms with Crippen LogP contribution in [0.2, 0.25) is 5.02 Å². The molecule has 0 unspecified atom stereocenters. The second-order valence-electron chi connectivity index (χ2n) is 5.70. The van der Waals surface area contributed by atoms with E-state index in [-0.39, 0.29) is 0 Å². The minimum atomic E-state index is 0.317. The Kier molecular flexibility index (Phi) is 5.08. The maximum Gasteiger partial charge on any atom is 0.241 e. The lowest BCUT2D eigenvalue weighted by Gasteiger charge is -2.26. The maximum atomic E-state index is 5.88. The highest BCUT2D eigenvalue weighted by Crippen LogP contribution is 2.19. The first kappa shape index (κ1) is 15.5. The van der Waals surface area contributed by atoms with Crippen molar-refractivity contribution in [3.63, 3.8) is 0 Å². The standard InChI is InChI=1S/C16H20ClN3O2/c1-20(10-14-4-2-3-9-21-14)11-15-18-16(19-22-15)12-5-7-13(17)8-6-12/h5-8,14H,2-4,9-11H2,1H3/t14-/m1/s1. The molecule has 1 aliphatic rings. The minimum Gasteiger partial charge on any atom is -0.377 e. The van der Waals surface area contributed by atoms with Gasteiger partial charge in [-0.05, 0) is 50.6 Å². The third-order valence-electron chi connectivity index (χ3n) is 3.76. The van der Waals surface area contributed by atoms with Gasteiger partial charge in [0, 0.05) is 23.7 Å². The van der Waals surface area contributed by atoms with Gasteiger partial charge in [0.05, 0.1) is 12.6 Å². The number of nitrogens with zero attached hydrogens (tertiary/aromatic N) is 3. The molecule has 0 N–H and O–H groups in total. The Labute approximate surface area is 135 Å². The van der Waals surface area contributed by atoms with E-state index in [4.69, 9.17) is 20.9 Å². The summed E-state index contributed by atoms with van der Waals surface area (Å²) in [5, 5.41) is 4.72. The summed E-state index contributed by atoms with van der Waals surface area (Å²) in [5.74, 6) is 1.21. The number of likely N-dealkylation sites (N-methyl/N-ethyl adjacent to an activating group) is 1. The first-order chi connectivity index (χ1) is 10.7. The number of aromatic nitrogens is 2. The lowest BCUT2D eigenvalue weighted by Crippen LogP contribution is -2.33. The fraction of sp³-hybridized carbons (Fsp3) is 0.500. The van der Waals surface area contributed by atoms with Gasteiger partial charge in [-0.15, -0.1) is 0 Å². The fourth-order valence-electron chi connectivity index (χ4n) is 2.63. The molecular formula is C16H20ClN3O2. The van der Waals surface area contributed by atoms with Crippen molar-refractivity contribution in [1.29, 1.82) is 0 Å². The van der Waals surface area contributed by atoms with Crippen LogP contribution >= 0.6 is 11.6 Å². The third-order valence-corrected chi connectivity index (χ3v) is 4.02. The molecule has 1 fully saturated rings. The Bertz CT molecular complexity index is 594. The average Bonchev–Trinajstić information content (AvgIpc) is 2.97. The van der Waals surface area contributed by atoms with Crippen LogP contribution in [0.5, 0.6) is 0 Å². The van der Waals surface area contributed by atoms with Gasteiger partial charge in [-0.3, -0.25) is 4.90 Å². The van der Waals surface area contributed by atoms with Gasteiger partial charge >= 0.3 is 0 Å². The van der Waals surface area contributed by atoms with Crippen LogP contribution < -0.4 is 0 Å². The maximum absolute atomic E-state index is 5.88. The van der Waals surface area contributed by atoms with Crippen LogP contribution in [0.15, 0.2) is 28.8 Å². The smallest absolute Gasteiger partial charge is 0.241 e. The summed E-state index contributed by atoms with van der Waals surface area (Å²) in [6, 6.07) is 7.41. The summed E-state index contributed by atoms with van der Waals surface area (Å²) < 4.78 is 11.1. The molecule has 6 heteroatoms. The van der Waals surface area contributed by atoms with E-state index in [2.05, 4.69) is 15.0 Å². The zero-order valence-electron chi connectivity index (χ0n) is 12.7. The zero-order chi connectivity index (χ0) is 15.4. The van der Waals surface area contributed by atoms with Crippen LogP contribution in [-0.2, 0) is 11.3 Å². The molecular weight excluding hydrogens is 302 g/mol. The second kappa shape index (κ2) is 7.22. The van der Waals surface area contributed by atoms with Crippen molar-refractivity contribution in [3.8, 4) is 11.4 Å². The van der Waals surface area contributed by atoms with Crippen LogP contribution in [0.4, 0.5) is 0 Å². The Balaban J connectivity index is 1.57. The lowest BCUT2D eigenvalue weighted by molar-refractivity contribution is -0.00382. The number of benzene rings is 1. The molecule has 1 aromatic carbocycles. The van der Waals surface area contributed by atoms with Gasteiger partial charge in [0.2, 0.25) is 11.7 Å². The average molecular weight is 322 g/mol. The Hall–Kier alpha value is -1.43. The van der Waals surface area contributed by atoms with Crippen molar-refractivity contribution in [3.05, 3.63) is 35.2 Å². The SMILES string of the molecule is CN(Cc1nc(-c2ccc(Cl)cc2)no1)C[C@H]1CCCCO1. The molecule has 118 valence electrons. The summed E-state index contributed by atoms with van der Waals surface area (Å²) in [5.41, 5.74) is 0.901. The first-order valence-electron chi connectivity index (χ1n) is 7.59. The summed E-state index contributed by atoms with van der Waals surface area (Å²) in [6.45, 7) is 2.39. The van der Waals surface area contributed by atoms with E-state index < -0.39 is 0 Å². The van der Waals surface area contributed by atoms with Crippen LogP contribution in [-0.4, -0.2) is 41.3 Å². The minimum absolute atomic E-state index is 0.317. The quantitative estimate of drug-likeness (QED) is 0.845. The van der Waals surface area contributed by atoms with Crippen molar-refractivity contribution in [2.45, 2.75) is 31.9 Å². The van der Waals surface area contributed by atoms with E-state index in [0.717, 1.165) is 25.1 Å². The molecule has 1 aromatic heterocycles. The largest absolute Gasteiger partial charge is 0.377 e. The predicted octanol–water partition coefficient (Wildman–Crippen LogP) is 3.39. The predicted molar refractivity (Wildman–Crippen MR) is 84.7 cm³/mol. The molecule has 2 aromatic rings. The van der Waals surface area contributed by atoms with Gasteiger partial charge in [-0.1, -0.05) is 16.8 Å². The highest BCUT2D eigenvalue weighted by atomic mass is 35.5. The molecule has 2 heterocycles. The van der Waals surface area contributed by atoms with E-state index in [9.17, 15) is 0 Å². The third kappa shape index (κ3) is 4.06. The Morgan fingerprint density at radius 1 is 1.27 bits per heavy atom. The Morgan fingerprint density at radius 3 is 2.82 bits per heavy atom. The van der Waals surface area contributed by atoms with Gasteiger partial charge in [0.1, 0.15) is 0 Å². The molecule has 0 bridgehead atoms. The Morgan fingerprint density at radius 2 is 2.09 bits per heavy atom. The fourth-order valence-corrected chi connectivity index (χ4v) is 2.76. The van der Waals surface area contributed by atoms with Gasteiger partial charge in [0.15, 0.2) is 0 Å². The first-order valence-corrected chi connectivity index (χ1v) is 7.97. The van der Waals surface area contributed by atoms with Crippen molar-refractivity contribution < 1.29 is 9.26 Å². The highest BCUT2D eigenvalue weighted by Gasteiger charge is 2.17. The molecule has 5 nitrogen and oxygen atoms in total. The molecule has 0 saturated carbocycles. The van der Waals surface area contributed by atoms with Gasteiger partial charge in [0.25, 0.3) is 0 Å². The molecule has 3 rings (SSSR count). The van der Waals surface area contributed by atoms with E-state index in [1.54, 1.807) is 0 Å². The topological polar surface area (TPSA) is 51.4 Å². The van der Waals surface area contributed by atoms with Gasteiger partial charge < -0.3 is 9.26 Å². The number of hydrogen-bond acceptors (Lipinski definition) is 5. The number of ether oxygens (including phenoxy) is 1. The van der Waals surface area contributed by atoms with Crippen LogP contribution in [0.3, 0.4) is 0 Å². The molecule has 1 saturated heterocycles. The van der Waals surface area contributed by atoms with Crippen molar-refractivity contribution in [2.75, 3.05) is 20.2 Å². The molecule has 0 amide bonds. The molecule has 0 spiro atoms. The van der Waals surface area contributed by atoms with Crippen LogP contribution in [0.25, 0.3) is 11.4 Å². The summed E-state index contributed by atoms with van der Waals surface area (Å²) in [4.78, 5) is 6.60. The van der Waals surface area contributed by atoms with Gasteiger partial charge in [-0.25, -0.2) is 0 Å². The monoisotopic (exact) mass is 321 g/mol. The van der Waals surface area contributed by atoms with E-state index in [0.29, 0.717) is 29.4 Å². The highest BCUT2D eigenvalue weighted by molar-refractivity contribution is 6.30. The summed E-state index contributed by atoms with van der Waals surface area (Å²) in [6.07, 6.45) is 3.87. The van der Waals surface area contributed by atoms with Gasteiger partial charge in [-0.2, -0.15) is 4.98 Å². The number of halogens is 1. The van der Waals surface area contributed by atoms with E-state index in [1.165, 1.54) is 12.8 Å². The van der Waals surface area contributed by atoms with Crippen molar-refractivity contribution in [2.24, 2.45) is 0 Å². The number of rotatable bonds is 5. The van der Waals surface area contributed by atoms with Crippen molar-refractivity contribution in [1.82, 2.24) is 15.0 Å². The normalized spacial score (nSPS) is 18.8. The van der Waals surface area contributed by atoms with E-state index >= 15 is 0 Å². The molecule has 1 aliphatic heterocycles. The summed E-state index contributed by atoms with van der Waals surface area (Å²) in [7, 11) is 2.05. The molecule has 1 atom stereocenters. The molecule has 0 radical (unpaired) electrons. The molecule has 0 aliphatic carbocycles. The van der Waals surface area contributed by atoms with Crippen LogP contribution in [0.1, 0.15) is 25.2 Å². The van der Waals surface area contributed by atoms with Crippen molar-refractivity contribution >= 4 is 11.6 Å². The number of hydrogen-bond donors (Lipinski definition) is 0. The zero-order valence-corrected chi connectivity index (χ0v) is 13.4. The van der Waals surface area contributed by atoms with E-state index in [1.807, 2.05) is 31.3 Å². The lowest BCUT2D eigenvalue weighted by atomic mass is 10.1. The molecule has 22 heavy (non-hydrogen) atoms. The summed E-state index contributed by atoms with van der Waals surface area (Å²) >= 11 is 5.88. The second-order valence-corrected chi connectivity index (χ2v) is 6.14. The van der Waals surface area contributed by atoms with Crippen LogP contribution in [0, 0.1) is 0 Å².